The molecule has 1 saturated heterocycles. The highest BCUT2D eigenvalue weighted by Gasteiger charge is 2.33. The molecule has 1 aliphatic rings. The van der Waals surface area contributed by atoms with Crippen molar-refractivity contribution in [1.82, 2.24) is 10.0 Å². The van der Waals surface area contributed by atoms with Gasteiger partial charge >= 0.3 is 0 Å². The van der Waals surface area contributed by atoms with E-state index in [1.807, 2.05) is 6.92 Å². The van der Waals surface area contributed by atoms with Gasteiger partial charge in [-0.25, -0.2) is 17.5 Å². The van der Waals surface area contributed by atoms with E-state index in [4.69, 9.17) is 0 Å². The van der Waals surface area contributed by atoms with Crippen LogP contribution in [0.5, 0.6) is 0 Å². The number of nitrogens with one attached hydrogen (secondary N) is 2. The van der Waals surface area contributed by atoms with Crippen LogP contribution in [-0.4, -0.2) is 27.0 Å². The fraction of sp³-hybridized carbons (Fsp3) is 0.538. The number of piperidine rings is 1. The molecule has 19 heavy (non-hydrogen) atoms. The van der Waals surface area contributed by atoms with Crippen LogP contribution in [0.4, 0.5) is 4.39 Å². The second-order valence-electron chi connectivity index (χ2n) is 5.35. The van der Waals surface area contributed by atoms with E-state index >= 15 is 0 Å². The molecule has 0 bridgehead atoms. The Balaban J connectivity index is 2.29. The van der Waals surface area contributed by atoms with E-state index < -0.39 is 21.4 Å². The van der Waals surface area contributed by atoms with Crippen LogP contribution in [0.3, 0.4) is 0 Å². The van der Waals surface area contributed by atoms with Gasteiger partial charge < -0.3 is 5.32 Å². The number of halogens is 1. The minimum atomic E-state index is -3.82. The third-order valence-electron chi connectivity index (χ3n) is 3.46. The lowest BCUT2D eigenvalue weighted by atomic mass is 9.92. The number of aryl methyl sites for hydroxylation is 1. The van der Waals surface area contributed by atoms with Crippen LogP contribution < -0.4 is 10.0 Å². The summed E-state index contributed by atoms with van der Waals surface area (Å²) in [6, 6.07) is 4.11. The third kappa shape index (κ3) is 3.32. The monoisotopic (exact) mass is 286 g/mol. The lowest BCUT2D eigenvalue weighted by Crippen LogP contribution is -2.52. The highest BCUT2D eigenvalue weighted by atomic mass is 32.2. The number of rotatable bonds is 3. The highest BCUT2D eigenvalue weighted by Crippen LogP contribution is 2.23. The Bertz CT molecular complexity index is 566. The summed E-state index contributed by atoms with van der Waals surface area (Å²) in [5.74, 6) is -0.712. The lowest BCUT2D eigenvalue weighted by Gasteiger charge is -2.34. The van der Waals surface area contributed by atoms with Crippen molar-refractivity contribution in [2.75, 3.05) is 13.1 Å². The van der Waals surface area contributed by atoms with Gasteiger partial charge in [0, 0.05) is 5.54 Å². The normalized spacial score (nSPS) is 19.3. The number of sulfonamides is 1. The quantitative estimate of drug-likeness (QED) is 0.886. The maximum Gasteiger partial charge on any atom is 0.243 e. The molecule has 0 spiro atoms. The van der Waals surface area contributed by atoms with Crippen molar-refractivity contribution in [3.8, 4) is 0 Å². The molecular formula is C13H19FN2O2S. The van der Waals surface area contributed by atoms with E-state index in [-0.39, 0.29) is 4.90 Å². The summed E-state index contributed by atoms with van der Waals surface area (Å²) in [4.78, 5) is -0.271. The molecule has 1 aromatic rings. The van der Waals surface area contributed by atoms with E-state index in [0.29, 0.717) is 12.8 Å². The van der Waals surface area contributed by atoms with Crippen LogP contribution in [0.25, 0.3) is 0 Å². The van der Waals surface area contributed by atoms with Gasteiger partial charge in [0.15, 0.2) is 0 Å². The molecule has 0 aliphatic carbocycles. The van der Waals surface area contributed by atoms with Crippen molar-refractivity contribution in [3.05, 3.63) is 29.6 Å². The summed E-state index contributed by atoms with van der Waals surface area (Å²) < 4.78 is 41.0. The minimum absolute atomic E-state index is 0.271. The first kappa shape index (κ1) is 14.4. The molecule has 106 valence electrons. The highest BCUT2D eigenvalue weighted by molar-refractivity contribution is 7.89. The predicted octanol–water partition coefficient (Wildman–Crippen LogP) is 1.55. The summed E-state index contributed by atoms with van der Waals surface area (Å²) >= 11 is 0. The Kier molecular flexibility index (Phi) is 3.94. The summed E-state index contributed by atoms with van der Waals surface area (Å²) in [7, 11) is -3.82. The fourth-order valence-corrected chi connectivity index (χ4v) is 3.91. The van der Waals surface area contributed by atoms with Crippen LogP contribution in [0.15, 0.2) is 23.1 Å². The predicted molar refractivity (Wildman–Crippen MR) is 72.0 cm³/mol. The lowest BCUT2D eigenvalue weighted by molar-refractivity contribution is 0.307. The Morgan fingerprint density at radius 3 is 2.58 bits per heavy atom. The van der Waals surface area contributed by atoms with Crippen LogP contribution in [0, 0.1) is 12.7 Å². The smallest absolute Gasteiger partial charge is 0.243 e. The van der Waals surface area contributed by atoms with Gasteiger partial charge in [-0.15, -0.1) is 0 Å². The van der Waals surface area contributed by atoms with Gasteiger partial charge in [-0.05, 0) is 57.5 Å². The molecule has 0 saturated carbocycles. The molecule has 4 nitrogen and oxygen atoms in total. The zero-order chi connectivity index (χ0) is 14.1. The first-order valence-electron chi connectivity index (χ1n) is 6.33. The van der Waals surface area contributed by atoms with E-state index in [1.165, 1.54) is 12.1 Å². The van der Waals surface area contributed by atoms with Crippen molar-refractivity contribution in [2.24, 2.45) is 0 Å². The van der Waals surface area contributed by atoms with Crippen molar-refractivity contribution in [3.63, 3.8) is 0 Å². The molecule has 0 aromatic heterocycles. The topological polar surface area (TPSA) is 58.2 Å². The fourth-order valence-electron chi connectivity index (χ4n) is 2.28. The van der Waals surface area contributed by atoms with Crippen LogP contribution >= 0.6 is 0 Å². The second kappa shape index (κ2) is 5.19. The summed E-state index contributed by atoms with van der Waals surface area (Å²) in [6.45, 7) is 5.12. The van der Waals surface area contributed by atoms with Gasteiger partial charge in [0.1, 0.15) is 10.7 Å². The van der Waals surface area contributed by atoms with E-state index in [9.17, 15) is 12.8 Å². The molecule has 0 amide bonds. The van der Waals surface area contributed by atoms with Gasteiger partial charge in [-0.2, -0.15) is 0 Å². The molecule has 1 aromatic carbocycles. The molecule has 1 heterocycles. The Hall–Kier alpha value is -0.980. The van der Waals surface area contributed by atoms with Crippen molar-refractivity contribution in [2.45, 2.75) is 37.1 Å². The average Bonchev–Trinajstić information content (AvgIpc) is 2.31. The zero-order valence-corrected chi connectivity index (χ0v) is 12.0. The van der Waals surface area contributed by atoms with E-state index in [2.05, 4.69) is 10.0 Å². The van der Waals surface area contributed by atoms with Gasteiger partial charge in [-0.3, -0.25) is 0 Å². The average molecular weight is 286 g/mol. The van der Waals surface area contributed by atoms with Crippen molar-refractivity contribution >= 4 is 10.0 Å². The summed E-state index contributed by atoms with van der Waals surface area (Å²) in [5.41, 5.74) is 0.206. The minimum Gasteiger partial charge on any atom is -0.317 e. The summed E-state index contributed by atoms with van der Waals surface area (Å²) in [5, 5.41) is 3.18. The molecule has 0 unspecified atom stereocenters. The van der Waals surface area contributed by atoms with Gasteiger partial charge in [0.25, 0.3) is 0 Å². The van der Waals surface area contributed by atoms with Crippen molar-refractivity contribution < 1.29 is 12.8 Å². The van der Waals surface area contributed by atoms with Crippen LogP contribution in [0.1, 0.15) is 25.3 Å². The van der Waals surface area contributed by atoms with Crippen molar-refractivity contribution in [1.29, 1.82) is 0 Å². The maximum atomic E-state index is 13.7. The molecule has 1 aliphatic heterocycles. The van der Waals surface area contributed by atoms with Gasteiger partial charge in [0.05, 0.1) is 0 Å². The first-order valence-corrected chi connectivity index (χ1v) is 7.82. The SMILES string of the molecule is Cc1ccc(F)c(S(=O)(=O)NC2(C)CCNCC2)c1. The maximum absolute atomic E-state index is 13.7. The van der Waals surface area contributed by atoms with Crippen LogP contribution in [0.2, 0.25) is 0 Å². The number of benzene rings is 1. The largest absolute Gasteiger partial charge is 0.317 e. The summed E-state index contributed by atoms with van der Waals surface area (Å²) in [6.07, 6.45) is 1.39. The third-order valence-corrected chi connectivity index (χ3v) is 5.12. The molecule has 0 atom stereocenters. The standard InChI is InChI=1S/C13H19FN2O2S/c1-10-3-4-11(14)12(9-10)19(17,18)16-13(2)5-7-15-8-6-13/h3-4,9,15-16H,5-8H2,1-2H3. The Morgan fingerprint density at radius 1 is 1.32 bits per heavy atom. The second-order valence-corrected chi connectivity index (χ2v) is 7.00. The van der Waals surface area contributed by atoms with E-state index in [0.717, 1.165) is 18.7 Å². The molecule has 0 radical (unpaired) electrons. The van der Waals surface area contributed by atoms with E-state index in [1.54, 1.807) is 13.0 Å². The Labute approximate surface area is 113 Å². The number of hydrogen-bond donors (Lipinski definition) is 2. The zero-order valence-electron chi connectivity index (χ0n) is 11.2. The number of hydrogen-bond acceptors (Lipinski definition) is 3. The van der Waals surface area contributed by atoms with Crippen LogP contribution in [-0.2, 0) is 10.0 Å². The molecule has 2 N–H and O–H groups in total. The molecule has 2 rings (SSSR count). The molecular weight excluding hydrogens is 267 g/mol. The molecule has 1 fully saturated rings. The first-order chi connectivity index (χ1) is 8.82. The van der Waals surface area contributed by atoms with Gasteiger partial charge in [-0.1, -0.05) is 6.07 Å². The van der Waals surface area contributed by atoms with Gasteiger partial charge in [0.2, 0.25) is 10.0 Å². The Morgan fingerprint density at radius 2 is 1.95 bits per heavy atom. The molecule has 6 heteroatoms.